The van der Waals surface area contributed by atoms with Gasteiger partial charge in [-0.15, -0.1) is 0 Å². The summed E-state index contributed by atoms with van der Waals surface area (Å²) in [5.74, 6) is 0. The van der Waals surface area contributed by atoms with E-state index in [2.05, 4.69) is 123 Å². The molecule has 4 aromatic rings. The van der Waals surface area contributed by atoms with Gasteiger partial charge in [-0.25, -0.2) is 5.01 Å². The molecule has 0 aliphatic rings. The van der Waals surface area contributed by atoms with Gasteiger partial charge in [0.05, 0.1) is 17.6 Å². The Balaban J connectivity index is 1.76. The normalized spacial score (nSPS) is 11.3. The van der Waals surface area contributed by atoms with Gasteiger partial charge in [-0.2, -0.15) is 5.10 Å². The van der Waals surface area contributed by atoms with E-state index in [0.29, 0.717) is 0 Å². The fourth-order valence-corrected chi connectivity index (χ4v) is 4.28. The molecule has 0 saturated heterocycles. The lowest BCUT2D eigenvalue weighted by molar-refractivity contribution is 0.866. The van der Waals surface area contributed by atoms with Crippen molar-refractivity contribution in [2.45, 2.75) is 34.1 Å². The Morgan fingerprint density at radius 1 is 0.697 bits per heavy atom. The lowest BCUT2D eigenvalue weighted by atomic mass is 10.0. The summed E-state index contributed by atoms with van der Waals surface area (Å²) >= 11 is 0. The highest BCUT2D eigenvalue weighted by Crippen LogP contribution is 2.34. The smallest absolute Gasteiger partial charge is 0.0731 e. The predicted octanol–water partition coefficient (Wildman–Crippen LogP) is 7.73. The van der Waals surface area contributed by atoms with Gasteiger partial charge in [0, 0.05) is 24.2 Å². The number of hydrazone groups is 1. The minimum Gasteiger partial charge on any atom is -0.372 e. The molecule has 0 saturated carbocycles. The first-order chi connectivity index (χ1) is 16.1. The molecule has 0 fully saturated rings. The summed E-state index contributed by atoms with van der Waals surface area (Å²) in [6.07, 6.45) is 2.96. The molecule has 3 heteroatoms. The van der Waals surface area contributed by atoms with E-state index in [1.807, 2.05) is 6.21 Å². The Morgan fingerprint density at radius 2 is 1.33 bits per heavy atom. The van der Waals surface area contributed by atoms with Gasteiger partial charge < -0.3 is 4.90 Å². The summed E-state index contributed by atoms with van der Waals surface area (Å²) in [6.45, 7) is 10.7. The van der Waals surface area contributed by atoms with E-state index in [1.54, 1.807) is 0 Å². The maximum atomic E-state index is 4.98. The first kappa shape index (κ1) is 22.6. The van der Waals surface area contributed by atoms with Gasteiger partial charge in [-0.3, -0.25) is 0 Å². The third-order valence-electron chi connectivity index (χ3n) is 6.22. The van der Waals surface area contributed by atoms with Crippen LogP contribution in [0.15, 0.2) is 90.0 Å². The first-order valence-corrected chi connectivity index (χ1v) is 11.9. The maximum Gasteiger partial charge on any atom is 0.0731 e. The van der Waals surface area contributed by atoms with Gasteiger partial charge in [-0.1, -0.05) is 67.1 Å². The fourth-order valence-electron chi connectivity index (χ4n) is 4.28. The second kappa shape index (κ2) is 10.4. The van der Waals surface area contributed by atoms with Crippen molar-refractivity contribution < 1.29 is 0 Å². The monoisotopic (exact) mass is 435 g/mol. The summed E-state index contributed by atoms with van der Waals surface area (Å²) in [5.41, 5.74) is 7.05. The third kappa shape index (κ3) is 4.93. The topological polar surface area (TPSA) is 18.8 Å². The minimum absolute atomic E-state index is 1.01. The van der Waals surface area contributed by atoms with Crippen molar-refractivity contribution in [1.82, 2.24) is 0 Å². The quantitative estimate of drug-likeness (QED) is 0.208. The molecule has 0 unspecified atom stereocenters. The zero-order valence-electron chi connectivity index (χ0n) is 20.1. The Morgan fingerprint density at radius 3 is 1.97 bits per heavy atom. The number of fused-ring (bicyclic) bond motifs is 1. The fraction of sp³-hybridized carbons (Fsp3) is 0.233. The largest absolute Gasteiger partial charge is 0.372 e. The van der Waals surface area contributed by atoms with Gasteiger partial charge in [0.2, 0.25) is 0 Å². The molecule has 0 heterocycles. The zero-order chi connectivity index (χ0) is 23.2. The highest BCUT2D eigenvalue weighted by molar-refractivity contribution is 5.98. The van der Waals surface area contributed by atoms with Crippen LogP contribution in [0.1, 0.15) is 37.5 Å². The van der Waals surface area contributed by atoms with E-state index in [1.165, 1.54) is 27.6 Å². The molecule has 0 aliphatic heterocycles. The number of anilines is 3. The molecule has 0 spiro atoms. The van der Waals surface area contributed by atoms with E-state index >= 15 is 0 Å². The molecule has 3 nitrogen and oxygen atoms in total. The van der Waals surface area contributed by atoms with Crippen LogP contribution in [0.3, 0.4) is 0 Å². The van der Waals surface area contributed by atoms with Gasteiger partial charge >= 0.3 is 0 Å². The second-order valence-electron chi connectivity index (χ2n) is 8.30. The summed E-state index contributed by atoms with van der Waals surface area (Å²) in [5, 5.41) is 9.53. The lowest BCUT2D eigenvalue weighted by Crippen LogP contribution is -2.21. The number of hydrogen-bond donors (Lipinski definition) is 0. The molecule has 0 aliphatic carbocycles. The van der Waals surface area contributed by atoms with Crippen molar-refractivity contribution in [1.29, 1.82) is 0 Å². The lowest BCUT2D eigenvalue weighted by Gasteiger charge is -2.22. The molecule has 4 rings (SSSR count). The average molecular weight is 436 g/mol. The van der Waals surface area contributed by atoms with Gasteiger partial charge in [-0.05, 0) is 74.0 Å². The molecule has 0 radical (unpaired) electrons. The van der Waals surface area contributed by atoms with E-state index in [-0.39, 0.29) is 0 Å². The summed E-state index contributed by atoms with van der Waals surface area (Å²) in [4.78, 5) is 2.35. The molecule has 33 heavy (non-hydrogen) atoms. The Bertz CT molecular complexity index is 1220. The Labute approximate surface area is 198 Å². The molecule has 0 bridgehead atoms. The van der Waals surface area contributed by atoms with E-state index < -0.39 is 0 Å². The van der Waals surface area contributed by atoms with Crippen LogP contribution in [-0.4, -0.2) is 19.3 Å². The van der Waals surface area contributed by atoms with E-state index in [9.17, 15) is 0 Å². The maximum absolute atomic E-state index is 4.98. The van der Waals surface area contributed by atoms with Crippen LogP contribution in [0, 0.1) is 6.92 Å². The number of aryl methyl sites for hydroxylation is 2. The first-order valence-electron chi connectivity index (χ1n) is 11.9. The second-order valence-corrected chi connectivity index (χ2v) is 8.30. The standard InChI is InChI=1S/C30H33N3/c1-5-25-16-21-30(29-11-9-8-10-28(25)29)33(27-17-12-23(4)13-18-27)31-22-24-14-19-26(20-15-24)32(6-2)7-3/h8-22H,5-7H2,1-4H3/b31-22+. The number of nitrogens with zero attached hydrogens (tertiary/aromatic N) is 3. The van der Waals surface area contributed by atoms with Crippen molar-refractivity contribution in [3.63, 3.8) is 0 Å². The molecule has 0 N–H and O–H groups in total. The van der Waals surface area contributed by atoms with Crippen molar-refractivity contribution in [3.05, 3.63) is 102 Å². The summed E-state index contributed by atoms with van der Waals surface area (Å²) in [7, 11) is 0. The molecule has 0 aromatic heterocycles. The van der Waals surface area contributed by atoms with Crippen LogP contribution >= 0.6 is 0 Å². The molecule has 0 atom stereocenters. The van der Waals surface area contributed by atoms with Crippen LogP contribution in [-0.2, 0) is 6.42 Å². The molecule has 4 aromatic carbocycles. The van der Waals surface area contributed by atoms with Crippen LogP contribution in [0.2, 0.25) is 0 Å². The SMILES string of the molecule is CCc1ccc(N(/N=C/c2ccc(N(CC)CC)cc2)c2ccc(C)cc2)c2ccccc12. The van der Waals surface area contributed by atoms with Gasteiger partial charge in [0.15, 0.2) is 0 Å². The summed E-state index contributed by atoms with van der Waals surface area (Å²) in [6, 6.07) is 30.2. The number of hydrogen-bond acceptors (Lipinski definition) is 3. The highest BCUT2D eigenvalue weighted by Gasteiger charge is 2.13. The van der Waals surface area contributed by atoms with Crippen LogP contribution < -0.4 is 9.91 Å². The zero-order valence-corrected chi connectivity index (χ0v) is 20.1. The Hall–Kier alpha value is -3.59. The number of rotatable bonds is 8. The van der Waals surface area contributed by atoms with E-state index in [0.717, 1.165) is 36.4 Å². The molecule has 0 amide bonds. The minimum atomic E-state index is 1.01. The average Bonchev–Trinajstić information content (AvgIpc) is 2.86. The predicted molar refractivity (Wildman–Crippen MR) is 144 cm³/mol. The molecular formula is C30H33N3. The van der Waals surface area contributed by atoms with E-state index in [4.69, 9.17) is 5.10 Å². The summed E-state index contributed by atoms with van der Waals surface area (Å²) < 4.78 is 0. The molecule has 168 valence electrons. The third-order valence-corrected chi connectivity index (χ3v) is 6.22. The Kier molecular flexibility index (Phi) is 7.09. The van der Waals surface area contributed by atoms with Crippen LogP contribution in [0.4, 0.5) is 17.1 Å². The van der Waals surface area contributed by atoms with Crippen molar-refractivity contribution >= 4 is 34.0 Å². The van der Waals surface area contributed by atoms with Gasteiger partial charge in [0.1, 0.15) is 0 Å². The highest BCUT2D eigenvalue weighted by atomic mass is 15.5. The van der Waals surface area contributed by atoms with Crippen molar-refractivity contribution in [2.24, 2.45) is 5.10 Å². The van der Waals surface area contributed by atoms with Gasteiger partial charge in [0.25, 0.3) is 0 Å². The van der Waals surface area contributed by atoms with Crippen LogP contribution in [0.5, 0.6) is 0 Å². The van der Waals surface area contributed by atoms with Crippen molar-refractivity contribution in [3.8, 4) is 0 Å². The number of benzene rings is 4. The molecular weight excluding hydrogens is 402 g/mol. The van der Waals surface area contributed by atoms with Crippen LogP contribution in [0.25, 0.3) is 10.8 Å². The van der Waals surface area contributed by atoms with Crippen molar-refractivity contribution in [2.75, 3.05) is 23.0 Å².